The molecule has 4 rings (SSSR count). The van der Waals surface area contributed by atoms with E-state index in [1.54, 1.807) is 28.0 Å². The number of thiazole rings is 1. The summed E-state index contributed by atoms with van der Waals surface area (Å²) in [7, 11) is 0. The van der Waals surface area contributed by atoms with Gasteiger partial charge in [-0.15, -0.1) is 11.8 Å². The average Bonchev–Trinajstić information content (AvgIpc) is 3.16. The van der Waals surface area contributed by atoms with Gasteiger partial charge in [0.2, 0.25) is 0 Å². The monoisotopic (exact) mass is 417 g/mol. The molecular weight excluding hydrogens is 397 g/mol. The normalized spacial score (nSPS) is 14.5. The van der Waals surface area contributed by atoms with Crippen molar-refractivity contribution in [2.24, 2.45) is 0 Å². The van der Waals surface area contributed by atoms with Gasteiger partial charge in [-0.2, -0.15) is 0 Å². The van der Waals surface area contributed by atoms with E-state index >= 15 is 0 Å². The van der Waals surface area contributed by atoms with Gasteiger partial charge in [-0.1, -0.05) is 11.3 Å². The number of piperazine rings is 1. The number of hydrogen-bond acceptors (Lipinski definition) is 6. The summed E-state index contributed by atoms with van der Waals surface area (Å²) in [4.78, 5) is 22.4. The van der Waals surface area contributed by atoms with E-state index in [0.717, 1.165) is 23.7 Å². The second-order valence-corrected chi connectivity index (χ2v) is 8.33. The number of thioether (sulfide) groups is 1. The lowest BCUT2D eigenvalue weighted by Crippen LogP contribution is -2.50. The van der Waals surface area contributed by atoms with Gasteiger partial charge >= 0.3 is 0 Å². The Labute approximate surface area is 171 Å². The number of carbonyl (C=O) groups excluding carboxylic acids is 1. The number of nitrogens with zero attached hydrogens (tertiary/aromatic N) is 3. The molecule has 1 aliphatic heterocycles. The molecule has 2 heterocycles. The number of rotatable bonds is 5. The number of aromatic nitrogens is 1. The maximum atomic E-state index is 12.9. The van der Waals surface area contributed by atoms with E-state index in [1.165, 1.54) is 33.9 Å². The smallest absolute Gasteiger partial charge is 0.260 e. The maximum Gasteiger partial charge on any atom is 0.260 e. The molecule has 0 spiro atoms. The van der Waals surface area contributed by atoms with Crippen molar-refractivity contribution in [3.63, 3.8) is 0 Å². The van der Waals surface area contributed by atoms with Gasteiger partial charge in [0.15, 0.2) is 11.7 Å². The Bertz CT molecular complexity index is 969. The Morgan fingerprint density at radius 1 is 1.18 bits per heavy atom. The zero-order valence-electron chi connectivity index (χ0n) is 15.4. The zero-order chi connectivity index (χ0) is 19.5. The van der Waals surface area contributed by atoms with Crippen molar-refractivity contribution < 1.29 is 13.9 Å². The third kappa shape index (κ3) is 4.23. The molecule has 0 saturated carbocycles. The summed E-state index contributed by atoms with van der Waals surface area (Å²) >= 11 is 3.42. The van der Waals surface area contributed by atoms with Crippen molar-refractivity contribution >= 4 is 44.4 Å². The van der Waals surface area contributed by atoms with E-state index in [4.69, 9.17) is 9.72 Å². The molecule has 0 aliphatic carbocycles. The number of ether oxygens (including phenoxy) is 1. The molecule has 1 amide bonds. The van der Waals surface area contributed by atoms with Gasteiger partial charge in [-0.05, 0) is 48.7 Å². The third-order valence-corrected chi connectivity index (χ3v) is 6.47. The summed E-state index contributed by atoms with van der Waals surface area (Å²) < 4.78 is 19.6. The average molecular weight is 418 g/mol. The molecule has 1 aromatic heterocycles. The van der Waals surface area contributed by atoms with Gasteiger partial charge in [0.25, 0.3) is 5.91 Å². The molecule has 0 unspecified atom stereocenters. The van der Waals surface area contributed by atoms with Crippen LogP contribution in [0.4, 0.5) is 9.52 Å². The second kappa shape index (κ2) is 8.36. The first-order chi connectivity index (χ1) is 13.6. The van der Waals surface area contributed by atoms with E-state index in [2.05, 4.69) is 29.4 Å². The molecule has 0 radical (unpaired) electrons. The number of carbonyl (C=O) groups is 1. The predicted molar refractivity (Wildman–Crippen MR) is 112 cm³/mol. The predicted octanol–water partition coefficient (Wildman–Crippen LogP) is 3.88. The highest BCUT2D eigenvalue weighted by atomic mass is 32.2. The number of benzene rings is 2. The molecule has 1 aliphatic rings. The van der Waals surface area contributed by atoms with Gasteiger partial charge in [0, 0.05) is 31.1 Å². The van der Waals surface area contributed by atoms with Crippen molar-refractivity contribution in [3.05, 3.63) is 48.3 Å². The van der Waals surface area contributed by atoms with Crippen LogP contribution in [0, 0.1) is 5.82 Å². The molecule has 8 heteroatoms. The van der Waals surface area contributed by atoms with Crippen LogP contribution in [0.25, 0.3) is 10.2 Å². The van der Waals surface area contributed by atoms with Crippen LogP contribution in [-0.4, -0.2) is 54.8 Å². The highest BCUT2D eigenvalue weighted by Crippen LogP contribution is 2.32. The van der Waals surface area contributed by atoms with E-state index in [-0.39, 0.29) is 18.3 Å². The molecule has 2 aromatic carbocycles. The van der Waals surface area contributed by atoms with Crippen molar-refractivity contribution in [3.8, 4) is 5.75 Å². The molecule has 28 heavy (non-hydrogen) atoms. The van der Waals surface area contributed by atoms with Crippen LogP contribution in [0.2, 0.25) is 0 Å². The molecule has 3 aromatic rings. The first kappa shape index (κ1) is 19.0. The van der Waals surface area contributed by atoms with Gasteiger partial charge in [-0.3, -0.25) is 4.79 Å². The Hall–Kier alpha value is -2.32. The minimum Gasteiger partial charge on any atom is -0.484 e. The highest BCUT2D eigenvalue weighted by Gasteiger charge is 2.23. The number of halogens is 1. The van der Waals surface area contributed by atoms with Crippen LogP contribution in [0.15, 0.2) is 47.4 Å². The maximum absolute atomic E-state index is 12.9. The minimum atomic E-state index is -0.325. The summed E-state index contributed by atoms with van der Waals surface area (Å²) in [5, 5.41) is 1.00. The number of fused-ring (bicyclic) bond motifs is 1. The molecule has 0 N–H and O–H groups in total. The Morgan fingerprint density at radius 2 is 1.93 bits per heavy atom. The van der Waals surface area contributed by atoms with Gasteiger partial charge in [0.1, 0.15) is 11.6 Å². The van der Waals surface area contributed by atoms with Crippen LogP contribution in [0.1, 0.15) is 0 Å². The van der Waals surface area contributed by atoms with Gasteiger partial charge in [-0.25, -0.2) is 9.37 Å². The molecule has 0 bridgehead atoms. The summed E-state index contributed by atoms with van der Waals surface area (Å²) in [5.41, 5.74) is 1.02. The lowest BCUT2D eigenvalue weighted by molar-refractivity contribution is -0.133. The fraction of sp³-hybridized carbons (Fsp3) is 0.300. The number of anilines is 1. The Balaban J connectivity index is 1.32. The van der Waals surface area contributed by atoms with Crippen LogP contribution in [0.3, 0.4) is 0 Å². The van der Waals surface area contributed by atoms with Crippen molar-refractivity contribution in [2.75, 3.05) is 43.9 Å². The van der Waals surface area contributed by atoms with E-state index in [1.807, 2.05) is 0 Å². The molecule has 1 saturated heterocycles. The number of amides is 1. The van der Waals surface area contributed by atoms with Gasteiger partial charge < -0.3 is 14.5 Å². The summed E-state index contributed by atoms with van der Waals surface area (Å²) in [6.45, 7) is 2.73. The molecule has 5 nitrogen and oxygen atoms in total. The third-order valence-electron chi connectivity index (χ3n) is 4.66. The van der Waals surface area contributed by atoms with Crippen LogP contribution < -0.4 is 9.64 Å². The van der Waals surface area contributed by atoms with Crippen LogP contribution >= 0.6 is 23.1 Å². The van der Waals surface area contributed by atoms with Gasteiger partial charge in [0.05, 0.1) is 10.2 Å². The fourth-order valence-corrected chi connectivity index (χ4v) is 4.64. The first-order valence-corrected chi connectivity index (χ1v) is 11.0. The first-order valence-electron chi connectivity index (χ1n) is 8.98. The molecule has 1 fully saturated rings. The van der Waals surface area contributed by atoms with E-state index in [0.29, 0.717) is 18.8 Å². The molecule has 146 valence electrons. The zero-order valence-corrected chi connectivity index (χ0v) is 17.1. The van der Waals surface area contributed by atoms with Crippen LogP contribution in [-0.2, 0) is 4.79 Å². The van der Waals surface area contributed by atoms with Crippen molar-refractivity contribution in [1.82, 2.24) is 9.88 Å². The molecule has 0 atom stereocenters. The van der Waals surface area contributed by atoms with E-state index < -0.39 is 0 Å². The summed E-state index contributed by atoms with van der Waals surface area (Å²) in [6.07, 6.45) is 2.07. The lowest BCUT2D eigenvalue weighted by atomic mass is 10.3. The SMILES string of the molecule is CSc1ccc2nc(N3CCN(C(=O)COc4ccc(F)cc4)CC3)sc2c1. The second-order valence-electron chi connectivity index (χ2n) is 6.44. The fourth-order valence-electron chi connectivity index (χ4n) is 3.07. The highest BCUT2D eigenvalue weighted by molar-refractivity contribution is 7.98. The molecular formula is C20H20FN3O2S2. The Morgan fingerprint density at radius 3 is 2.64 bits per heavy atom. The van der Waals surface area contributed by atoms with Crippen molar-refractivity contribution in [2.45, 2.75) is 4.90 Å². The van der Waals surface area contributed by atoms with Crippen LogP contribution in [0.5, 0.6) is 5.75 Å². The largest absolute Gasteiger partial charge is 0.484 e. The topological polar surface area (TPSA) is 45.7 Å². The quantitative estimate of drug-likeness (QED) is 0.590. The summed E-state index contributed by atoms with van der Waals surface area (Å²) in [6, 6.07) is 12.0. The van der Waals surface area contributed by atoms with E-state index in [9.17, 15) is 9.18 Å². The summed E-state index contributed by atoms with van der Waals surface area (Å²) in [5.74, 6) is 0.111. The Kier molecular flexibility index (Phi) is 5.68. The lowest BCUT2D eigenvalue weighted by Gasteiger charge is -2.34. The standard InChI is InChI=1S/C20H20FN3O2S2/c1-27-16-6-7-17-18(12-16)28-20(22-17)24-10-8-23(9-11-24)19(25)13-26-15-4-2-14(21)3-5-15/h2-7,12H,8-11,13H2,1H3. The minimum absolute atomic E-state index is 0.0375. The number of hydrogen-bond donors (Lipinski definition) is 0. The van der Waals surface area contributed by atoms with Crippen molar-refractivity contribution in [1.29, 1.82) is 0 Å².